The van der Waals surface area contributed by atoms with E-state index in [1.807, 2.05) is 4.72 Å². The van der Waals surface area contributed by atoms with Crippen LogP contribution in [0.4, 0.5) is 0 Å². The summed E-state index contributed by atoms with van der Waals surface area (Å²) in [6.07, 6.45) is 0. The van der Waals surface area contributed by atoms with Gasteiger partial charge in [0.25, 0.3) is 15.9 Å². The van der Waals surface area contributed by atoms with E-state index in [9.17, 15) is 13.2 Å². The molecular weight excluding hydrogens is 210 g/mol. The van der Waals surface area contributed by atoms with Crippen molar-refractivity contribution in [3.8, 4) is 0 Å². The summed E-state index contributed by atoms with van der Waals surface area (Å²) in [5.74, 6) is -0.550. The van der Waals surface area contributed by atoms with E-state index >= 15 is 0 Å². The zero-order valence-electron chi connectivity index (χ0n) is 6.35. The first-order valence-electron chi connectivity index (χ1n) is 3.27. The van der Waals surface area contributed by atoms with Gasteiger partial charge in [-0.25, -0.2) is 13.1 Å². The van der Waals surface area contributed by atoms with Crippen molar-refractivity contribution in [1.29, 1.82) is 0 Å². The van der Waals surface area contributed by atoms with Gasteiger partial charge in [-0.2, -0.15) is 0 Å². The number of hydrogen-bond acceptors (Lipinski definition) is 3. The highest BCUT2D eigenvalue weighted by Gasteiger charge is 2.31. The summed E-state index contributed by atoms with van der Waals surface area (Å²) in [6.45, 7) is 0. The number of fused-ring (bicyclic) bond motifs is 1. The van der Waals surface area contributed by atoms with Crippen molar-refractivity contribution >= 4 is 29.4 Å². The van der Waals surface area contributed by atoms with Crippen LogP contribution >= 0.6 is 13.5 Å². The maximum Gasteiger partial charge on any atom is 0.266 e. The van der Waals surface area contributed by atoms with Crippen molar-refractivity contribution < 1.29 is 13.2 Å². The zero-order valence-corrected chi connectivity index (χ0v) is 7.98. The predicted octanol–water partition coefficient (Wildman–Crippen LogP) is 0.767. The molecule has 1 heterocycles. The van der Waals surface area contributed by atoms with E-state index in [-0.39, 0.29) is 24.0 Å². The second-order valence-electron chi connectivity index (χ2n) is 2.43. The van der Waals surface area contributed by atoms with E-state index in [1.165, 1.54) is 12.1 Å². The number of sulfonamides is 1. The number of hydrogen-bond donors (Lipinski definition) is 1. The molecule has 1 aliphatic heterocycles. The highest BCUT2D eigenvalue weighted by atomic mass is 32.2. The van der Waals surface area contributed by atoms with Crippen LogP contribution in [-0.4, -0.2) is 14.3 Å². The van der Waals surface area contributed by atoms with E-state index in [4.69, 9.17) is 0 Å². The molecule has 4 nitrogen and oxygen atoms in total. The van der Waals surface area contributed by atoms with Gasteiger partial charge in [0, 0.05) is 13.5 Å². The third-order valence-corrected chi connectivity index (χ3v) is 3.04. The number of carbonyl (C=O) groups excluding carboxylic acids is 1. The van der Waals surface area contributed by atoms with Gasteiger partial charge in [0.15, 0.2) is 0 Å². The fourth-order valence-corrected chi connectivity index (χ4v) is 2.29. The van der Waals surface area contributed by atoms with Crippen molar-refractivity contribution in [3.63, 3.8) is 0 Å². The Morgan fingerprint density at radius 2 is 1.77 bits per heavy atom. The molecule has 1 N–H and O–H groups in total. The lowest BCUT2D eigenvalue weighted by Gasteiger charge is -1.91. The van der Waals surface area contributed by atoms with E-state index in [0.717, 1.165) is 0 Å². The van der Waals surface area contributed by atoms with Crippen LogP contribution < -0.4 is 4.72 Å². The van der Waals surface area contributed by atoms with Crippen LogP contribution in [0.3, 0.4) is 0 Å². The summed E-state index contributed by atoms with van der Waals surface area (Å²) in [7, 11) is -3.55. The number of nitrogens with one attached hydrogen (secondary N) is 1. The van der Waals surface area contributed by atoms with Crippen molar-refractivity contribution in [2.24, 2.45) is 0 Å². The molecule has 0 saturated carbocycles. The van der Waals surface area contributed by atoms with Gasteiger partial charge in [-0.3, -0.25) is 4.79 Å². The number of benzene rings is 1. The van der Waals surface area contributed by atoms with Crippen LogP contribution in [0.25, 0.3) is 0 Å². The van der Waals surface area contributed by atoms with Gasteiger partial charge in [0.2, 0.25) is 0 Å². The minimum atomic E-state index is -3.55. The highest BCUT2D eigenvalue weighted by Crippen LogP contribution is 2.20. The molecule has 0 fully saturated rings. The molecule has 2 rings (SSSR count). The molecule has 6 heteroatoms. The van der Waals surface area contributed by atoms with Crippen LogP contribution in [-0.2, 0) is 10.0 Å². The summed E-state index contributed by atoms with van der Waals surface area (Å²) in [4.78, 5) is 11.1. The van der Waals surface area contributed by atoms with Crippen molar-refractivity contribution in [2.75, 3.05) is 0 Å². The molecule has 1 aliphatic rings. The third-order valence-electron chi connectivity index (χ3n) is 1.65. The standard InChI is InChI=1S/C7H5NO3S.S/c9-7-5-3-1-2-4-6(5)12(10,11)8-7;/h1-4H,(H,8,9);. The summed E-state index contributed by atoms with van der Waals surface area (Å²) in [6, 6.07) is 6.09. The van der Waals surface area contributed by atoms with Gasteiger partial charge in [-0.05, 0) is 12.1 Å². The predicted molar refractivity (Wildman–Crippen MR) is 48.7 cm³/mol. The quantitative estimate of drug-likeness (QED) is 0.695. The molecule has 2 radical (unpaired) electrons. The maximum absolute atomic E-state index is 11.1. The van der Waals surface area contributed by atoms with Crippen molar-refractivity contribution in [1.82, 2.24) is 4.72 Å². The molecule has 13 heavy (non-hydrogen) atoms. The van der Waals surface area contributed by atoms with Crippen LogP contribution in [0, 0.1) is 0 Å². The molecule has 0 spiro atoms. The zero-order chi connectivity index (χ0) is 8.77. The molecule has 0 aromatic heterocycles. The Morgan fingerprint density at radius 3 is 2.38 bits per heavy atom. The number of carbonyl (C=O) groups is 1. The van der Waals surface area contributed by atoms with Crippen molar-refractivity contribution in [3.05, 3.63) is 29.8 Å². The first kappa shape index (κ1) is 10.1. The topological polar surface area (TPSA) is 63.2 Å². The van der Waals surface area contributed by atoms with Crippen LogP contribution in [0.15, 0.2) is 29.2 Å². The Kier molecular flexibility index (Phi) is 2.36. The summed E-state index contributed by atoms with van der Waals surface area (Å²) in [5.41, 5.74) is 0.220. The summed E-state index contributed by atoms with van der Waals surface area (Å²) >= 11 is 0. The van der Waals surface area contributed by atoms with Gasteiger partial charge >= 0.3 is 0 Å². The summed E-state index contributed by atoms with van der Waals surface area (Å²) in [5, 5.41) is 0. The molecule has 1 aromatic carbocycles. The second kappa shape index (κ2) is 3.04. The van der Waals surface area contributed by atoms with E-state index < -0.39 is 15.9 Å². The molecule has 1 aromatic rings. The lowest BCUT2D eigenvalue weighted by molar-refractivity contribution is 0.0985. The number of amides is 1. The Bertz CT molecular complexity index is 453. The van der Waals surface area contributed by atoms with E-state index in [0.29, 0.717) is 0 Å². The lowest BCUT2D eigenvalue weighted by Crippen LogP contribution is -2.20. The fraction of sp³-hybridized carbons (Fsp3) is 0. The first-order chi connectivity index (χ1) is 5.61. The Balaban J connectivity index is 0.000000845. The Hall–Kier alpha value is -1.01. The molecule has 68 valence electrons. The van der Waals surface area contributed by atoms with Gasteiger partial charge in [0.1, 0.15) is 4.90 Å². The van der Waals surface area contributed by atoms with Crippen molar-refractivity contribution in [2.45, 2.75) is 4.90 Å². The van der Waals surface area contributed by atoms with Crippen LogP contribution in [0.1, 0.15) is 10.4 Å². The SMILES string of the molecule is O=C1NS(=O)(=O)c2ccccc21.[S]. The molecule has 0 bridgehead atoms. The molecule has 1 amide bonds. The molecule has 0 aliphatic carbocycles. The van der Waals surface area contributed by atoms with Gasteiger partial charge in [0.05, 0.1) is 5.56 Å². The molecule has 0 unspecified atom stereocenters. The van der Waals surface area contributed by atoms with Crippen LogP contribution in [0.5, 0.6) is 0 Å². The maximum atomic E-state index is 11.1. The highest BCUT2D eigenvalue weighted by molar-refractivity contribution is 7.90. The number of rotatable bonds is 0. The Morgan fingerprint density at radius 1 is 1.15 bits per heavy atom. The third kappa shape index (κ3) is 1.42. The smallest absolute Gasteiger partial charge is 0.266 e. The normalized spacial score (nSPS) is 17.1. The molecular formula is C7H5NO3S2. The Labute approximate surface area is 82.5 Å². The van der Waals surface area contributed by atoms with Gasteiger partial charge in [-0.1, -0.05) is 12.1 Å². The average Bonchev–Trinajstić information content (AvgIpc) is 2.25. The minimum absolute atomic E-state index is 0. The average molecular weight is 215 g/mol. The monoisotopic (exact) mass is 215 g/mol. The van der Waals surface area contributed by atoms with E-state index in [2.05, 4.69) is 0 Å². The van der Waals surface area contributed by atoms with Gasteiger partial charge in [-0.15, -0.1) is 0 Å². The summed E-state index contributed by atoms with van der Waals surface area (Å²) < 4.78 is 24.2. The molecule has 0 atom stereocenters. The largest absolute Gasteiger partial charge is 0.268 e. The fourth-order valence-electron chi connectivity index (χ4n) is 1.12. The van der Waals surface area contributed by atoms with Crippen LogP contribution in [0.2, 0.25) is 0 Å². The van der Waals surface area contributed by atoms with Gasteiger partial charge < -0.3 is 0 Å². The first-order valence-corrected chi connectivity index (χ1v) is 4.76. The lowest BCUT2D eigenvalue weighted by atomic mass is 10.2. The van der Waals surface area contributed by atoms with E-state index in [1.54, 1.807) is 12.1 Å². The second-order valence-corrected chi connectivity index (χ2v) is 4.08. The minimum Gasteiger partial charge on any atom is -0.268 e. The molecule has 0 saturated heterocycles.